The minimum Gasteiger partial charge on any atom is -0.352 e. The number of carbonyl (C=O) groups is 1. The molecule has 2 nitrogen and oxygen atoms in total. The van der Waals surface area contributed by atoms with Crippen molar-refractivity contribution in [3.05, 3.63) is 11.6 Å². The summed E-state index contributed by atoms with van der Waals surface area (Å²) < 4.78 is 0. The summed E-state index contributed by atoms with van der Waals surface area (Å²) >= 11 is 0. The van der Waals surface area contributed by atoms with Gasteiger partial charge in [-0.15, -0.1) is 0 Å². The van der Waals surface area contributed by atoms with E-state index in [1.54, 1.807) is 0 Å². The third-order valence-corrected chi connectivity index (χ3v) is 4.24. The lowest BCUT2D eigenvalue weighted by Crippen LogP contribution is -2.30. The molecule has 1 amide bonds. The SMILES string of the molecule is C/C(=C\CNC(=O)C1CCCC(C)CC1)C(C)C. The molecule has 0 heterocycles. The van der Waals surface area contributed by atoms with Crippen LogP contribution in [0.3, 0.4) is 0 Å². The molecule has 2 atom stereocenters. The second-order valence-electron chi connectivity index (χ2n) is 6.16. The predicted molar refractivity (Wildman–Crippen MR) is 77.3 cm³/mol. The minimum absolute atomic E-state index is 0.253. The maximum atomic E-state index is 12.1. The van der Waals surface area contributed by atoms with Crippen molar-refractivity contribution in [2.45, 2.75) is 59.8 Å². The van der Waals surface area contributed by atoms with Crippen molar-refractivity contribution in [2.24, 2.45) is 17.8 Å². The molecule has 1 aliphatic rings. The molecule has 0 bridgehead atoms. The van der Waals surface area contributed by atoms with Crippen LogP contribution in [0, 0.1) is 17.8 Å². The van der Waals surface area contributed by atoms with Gasteiger partial charge in [-0.05, 0) is 38.0 Å². The van der Waals surface area contributed by atoms with Crippen molar-refractivity contribution in [2.75, 3.05) is 6.54 Å². The lowest BCUT2D eigenvalue weighted by atomic mass is 9.98. The lowest BCUT2D eigenvalue weighted by Gasteiger charge is -2.14. The first-order valence-electron chi connectivity index (χ1n) is 7.45. The van der Waals surface area contributed by atoms with Crippen molar-refractivity contribution < 1.29 is 4.79 Å². The second kappa shape index (κ2) is 7.60. The summed E-state index contributed by atoms with van der Waals surface area (Å²) in [6, 6.07) is 0. The topological polar surface area (TPSA) is 29.1 Å². The third kappa shape index (κ3) is 5.24. The van der Waals surface area contributed by atoms with E-state index in [-0.39, 0.29) is 11.8 Å². The maximum Gasteiger partial charge on any atom is 0.223 e. The van der Waals surface area contributed by atoms with Crippen LogP contribution in [-0.2, 0) is 4.79 Å². The molecule has 0 radical (unpaired) electrons. The first-order valence-corrected chi connectivity index (χ1v) is 7.45. The molecule has 0 saturated heterocycles. The molecule has 0 aliphatic heterocycles. The van der Waals surface area contributed by atoms with E-state index in [2.05, 4.69) is 39.1 Å². The van der Waals surface area contributed by atoms with Gasteiger partial charge in [-0.2, -0.15) is 0 Å². The van der Waals surface area contributed by atoms with Crippen molar-refractivity contribution >= 4 is 5.91 Å². The number of amides is 1. The van der Waals surface area contributed by atoms with Crippen molar-refractivity contribution in [3.63, 3.8) is 0 Å². The Hall–Kier alpha value is -0.790. The van der Waals surface area contributed by atoms with Crippen molar-refractivity contribution in [1.82, 2.24) is 5.32 Å². The first-order chi connectivity index (χ1) is 8.50. The van der Waals surface area contributed by atoms with Gasteiger partial charge in [-0.25, -0.2) is 0 Å². The number of carbonyl (C=O) groups excluding carboxylic acids is 1. The van der Waals surface area contributed by atoms with E-state index in [4.69, 9.17) is 0 Å². The summed E-state index contributed by atoms with van der Waals surface area (Å²) in [6.07, 6.45) is 7.99. The molecular formula is C16H29NO. The standard InChI is InChI=1S/C16H29NO/c1-12(2)14(4)10-11-17-16(18)15-7-5-6-13(3)8-9-15/h10,12-13,15H,5-9,11H2,1-4H3,(H,17,18)/b14-10+. The fourth-order valence-electron chi connectivity index (χ4n) is 2.44. The van der Waals surface area contributed by atoms with Crippen LogP contribution in [0.1, 0.15) is 59.8 Å². The summed E-state index contributed by atoms with van der Waals surface area (Å²) in [7, 11) is 0. The Bertz CT molecular complexity index is 293. The molecule has 1 rings (SSSR count). The maximum absolute atomic E-state index is 12.1. The van der Waals surface area contributed by atoms with Gasteiger partial charge in [0.25, 0.3) is 0 Å². The first kappa shape index (κ1) is 15.3. The Balaban J connectivity index is 2.34. The van der Waals surface area contributed by atoms with Gasteiger partial charge < -0.3 is 5.32 Å². The van der Waals surface area contributed by atoms with E-state index in [9.17, 15) is 4.79 Å². The Kier molecular flexibility index (Phi) is 6.45. The third-order valence-electron chi connectivity index (χ3n) is 4.24. The zero-order valence-corrected chi connectivity index (χ0v) is 12.5. The highest BCUT2D eigenvalue weighted by atomic mass is 16.1. The molecule has 1 saturated carbocycles. The van der Waals surface area contributed by atoms with Crippen LogP contribution in [-0.4, -0.2) is 12.5 Å². The number of nitrogens with one attached hydrogen (secondary N) is 1. The van der Waals surface area contributed by atoms with Gasteiger partial charge in [0.2, 0.25) is 5.91 Å². The van der Waals surface area contributed by atoms with E-state index >= 15 is 0 Å². The minimum atomic E-state index is 0.253. The highest BCUT2D eigenvalue weighted by Crippen LogP contribution is 2.26. The van der Waals surface area contributed by atoms with Gasteiger partial charge in [-0.1, -0.05) is 45.3 Å². The molecule has 1 fully saturated rings. The molecule has 0 spiro atoms. The van der Waals surface area contributed by atoms with Crippen LogP contribution in [0.15, 0.2) is 11.6 Å². The van der Waals surface area contributed by atoms with Crippen LogP contribution in [0.5, 0.6) is 0 Å². The summed E-state index contributed by atoms with van der Waals surface area (Å²) in [6.45, 7) is 9.48. The van der Waals surface area contributed by atoms with Gasteiger partial charge in [0.05, 0.1) is 0 Å². The van der Waals surface area contributed by atoms with Crippen LogP contribution < -0.4 is 5.32 Å². The summed E-state index contributed by atoms with van der Waals surface area (Å²) in [5.74, 6) is 1.88. The molecule has 18 heavy (non-hydrogen) atoms. The van der Waals surface area contributed by atoms with E-state index in [0.29, 0.717) is 12.5 Å². The Morgan fingerprint density at radius 3 is 2.67 bits per heavy atom. The predicted octanol–water partition coefficient (Wildman–Crippen LogP) is 3.92. The van der Waals surface area contributed by atoms with Gasteiger partial charge in [0.1, 0.15) is 0 Å². The number of allylic oxidation sites excluding steroid dienone is 1. The van der Waals surface area contributed by atoms with E-state index in [1.807, 2.05) is 0 Å². The summed E-state index contributed by atoms with van der Waals surface area (Å²) in [4.78, 5) is 12.1. The molecule has 2 heteroatoms. The van der Waals surface area contributed by atoms with Gasteiger partial charge in [0, 0.05) is 12.5 Å². The Labute approximate surface area is 112 Å². The smallest absolute Gasteiger partial charge is 0.223 e. The van der Waals surface area contributed by atoms with E-state index < -0.39 is 0 Å². The number of hydrogen-bond donors (Lipinski definition) is 1. The Morgan fingerprint density at radius 2 is 2.00 bits per heavy atom. The molecule has 1 N–H and O–H groups in total. The lowest BCUT2D eigenvalue weighted by molar-refractivity contribution is -0.125. The highest BCUT2D eigenvalue weighted by molar-refractivity contribution is 5.78. The zero-order valence-electron chi connectivity index (χ0n) is 12.5. The highest BCUT2D eigenvalue weighted by Gasteiger charge is 2.21. The fourth-order valence-corrected chi connectivity index (χ4v) is 2.44. The largest absolute Gasteiger partial charge is 0.352 e. The van der Waals surface area contributed by atoms with Crippen LogP contribution >= 0.6 is 0 Å². The summed E-state index contributed by atoms with van der Waals surface area (Å²) in [5, 5.41) is 3.07. The molecule has 104 valence electrons. The van der Waals surface area contributed by atoms with Gasteiger partial charge in [-0.3, -0.25) is 4.79 Å². The average molecular weight is 251 g/mol. The quantitative estimate of drug-likeness (QED) is 0.595. The molecule has 2 unspecified atom stereocenters. The molecule has 1 aliphatic carbocycles. The summed E-state index contributed by atoms with van der Waals surface area (Å²) in [5.41, 5.74) is 1.35. The monoisotopic (exact) mass is 251 g/mol. The fraction of sp³-hybridized carbons (Fsp3) is 0.812. The molecule has 0 aromatic heterocycles. The van der Waals surface area contributed by atoms with Crippen LogP contribution in [0.2, 0.25) is 0 Å². The second-order valence-corrected chi connectivity index (χ2v) is 6.16. The molecule has 0 aromatic carbocycles. The van der Waals surface area contributed by atoms with E-state index in [1.165, 1.54) is 24.8 Å². The van der Waals surface area contributed by atoms with Gasteiger partial charge in [0.15, 0.2) is 0 Å². The Morgan fingerprint density at radius 1 is 1.28 bits per heavy atom. The van der Waals surface area contributed by atoms with Crippen LogP contribution in [0.4, 0.5) is 0 Å². The van der Waals surface area contributed by atoms with Gasteiger partial charge >= 0.3 is 0 Å². The normalized spacial score (nSPS) is 25.9. The average Bonchev–Trinajstić information content (AvgIpc) is 2.53. The number of hydrogen-bond acceptors (Lipinski definition) is 1. The molecule has 0 aromatic rings. The van der Waals surface area contributed by atoms with E-state index in [0.717, 1.165) is 18.8 Å². The van der Waals surface area contributed by atoms with Crippen LogP contribution in [0.25, 0.3) is 0 Å². The molecular weight excluding hydrogens is 222 g/mol. The number of rotatable bonds is 4. The van der Waals surface area contributed by atoms with Crippen molar-refractivity contribution in [3.8, 4) is 0 Å². The zero-order chi connectivity index (χ0) is 13.5. The van der Waals surface area contributed by atoms with Crippen molar-refractivity contribution in [1.29, 1.82) is 0 Å².